The predicted octanol–water partition coefficient (Wildman–Crippen LogP) is 3.10. The van der Waals surface area contributed by atoms with E-state index in [0.29, 0.717) is 43.3 Å². The van der Waals surface area contributed by atoms with Crippen molar-refractivity contribution in [2.45, 2.75) is 32.4 Å². The van der Waals surface area contributed by atoms with Crippen molar-refractivity contribution in [1.29, 1.82) is 0 Å². The maximum atomic E-state index is 13.4. The molecule has 2 aromatic heterocycles. The third-order valence-corrected chi connectivity index (χ3v) is 6.85. The van der Waals surface area contributed by atoms with Gasteiger partial charge in [0.25, 0.3) is 11.2 Å². The van der Waals surface area contributed by atoms with Crippen LogP contribution in [0.15, 0.2) is 53.3 Å². The third-order valence-electron chi connectivity index (χ3n) is 6.85. The number of nitro groups is 1. The highest BCUT2D eigenvalue weighted by atomic mass is 16.6. The van der Waals surface area contributed by atoms with Crippen LogP contribution in [0.5, 0.6) is 5.75 Å². The summed E-state index contributed by atoms with van der Waals surface area (Å²) in [6, 6.07) is 13.5. The minimum atomic E-state index is -0.484. The maximum absolute atomic E-state index is 13.4. The third kappa shape index (κ3) is 4.82. The van der Waals surface area contributed by atoms with Gasteiger partial charge in [-0.25, -0.2) is 4.68 Å². The van der Waals surface area contributed by atoms with Gasteiger partial charge in [0, 0.05) is 60.5 Å². The minimum absolute atomic E-state index is 0.0635. The number of nitrogens with zero attached hydrogens (tertiary/aromatic N) is 7. The highest BCUT2D eigenvalue weighted by Crippen LogP contribution is 2.31. The first-order valence-electron chi connectivity index (χ1n) is 12.4. The molecule has 2 aromatic carbocycles. The molecule has 1 saturated heterocycles. The molecule has 0 aliphatic carbocycles. The number of tetrazole rings is 1. The summed E-state index contributed by atoms with van der Waals surface area (Å²) in [5.74, 6) is 1.29. The number of H-pyrrole nitrogens is 1. The lowest BCUT2D eigenvalue weighted by molar-refractivity contribution is -0.384. The second-order valence-electron chi connectivity index (χ2n) is 10.3. The SMILES string of the molecule is COc1ccc2[nH]c(=O)c([C@H](c3nnnn3C(C)(C)C)N3CCN(c4ccc([N+](=O)[O-])cc4)CC3)cc2c1. The van der Waals surface area contributed by atoms with Crippen molar-refractivity contribution in [3.63, 3.8) is 0 Å². The van der Waals surface area contributed by atoms with Gasteiger partial charge in [-0.05, 0) is 67.6 Å². The molecule has 1 N–H and O–H groups in total. The number of hydrogen-bond donors (Lipinski definition) is 1. The van der Waals surface area contributed by atoms with Crippen molar-refractivity contribution in [3.05, 3.63) is 80.4 Å². The number of anilines is 1. The van der Waals surface area contributed by atoms with Gasteiger partial charge in [-0.15, -0.1) is 5.10 Å². The van der Waals surface area contributed by atoms with E-state index in [1.807, 2.05) is 45.0 Å². The number of fused-ring (bicyclic) bond motifs is 1. The number of nitro benzene ring substituents is 1. The molecule has 1 aliphatic rings. The van der Waals surface area contributed by atoms with Crippen LogP contribution in [-0.2, 0) is 5.54 Å². The van der Waals surface area contributed by atoms with E-state index in [1.54, 1.807) is 23.9 Å². The number of ether oxygens (including phenoxy) is 1. The molecule has 0 bridgehead atoms. The normalized spacial score (nSPS) is 15.5. The fraction of sp³-hybridized carbons (Fsp3) is 0.385. The Morgan fingerprint density at radius 2 is 1.76 bits per heavy atom. The molecular formula is C26H30N8O4. The zero-order chi connectivity index (χ0) is 27.0. The minimum Gasteiger partial charge on any atom is -0.497 e. The summed E-state index contributed by atoms with van der Waals surface area (Å²) in [7, 11) is 1.61. The monoisotopic (exact) mass is 518 g/mol. The van der Waals surface area contributed by atoms with E-state index < -0.39 is 16.5 Å². The van der Waals surface area contributed by atoms with Crippen LogP contribution in [0.1, 0.15) is 38.2 Å². The summed E-state index contributed by atoms with van der Waals surface area (Å²) in [6.07, 6.45) is 0. The Morgan fingerprint density at radius 1 is 1.05 bits per heavy atom. The summed E-state index contributed by atoms with van der Waals surface area (Å²) in [5, 5.41) is 24.5. The maximum Gasteiger partial charge on any atom is 0.269 e. The van der Waals surface area contributed by atoms with Crippen LogP contribution in [-0.4, -0.2) is 68.3 Å². The van der Waals surface area contributed by atoms with Gasteiger partial charge >= 0.3 is 0 Å². The lowest BCUT2D eigenvalue weighted by Gasteiger charge is -2.40. The van der Waals surface area contributed by atoms with Gasteiger partial charge in [-0.2, -0.15) is 0 Å². The van der Waals surface area contributed by atoms with E-state index in [1.165, 1.54) is 12.1 Å². The second-order valence-corrected chi connectivity index (χ2v) is 10.3. The highest BCUT2D eigenvalue weighted by Gasteiger charge is 2.35. The molecule has 0 amide bonds. The first-order chi connectivity index (χ1) is 18.2. The Bertz CT molecular complexity index is 1520. The fourth-order valence-electron chi connectivity index (χ4n) is 4.90. The van der Waals surface area contributed by atoms with Crippen LogP contribution in [0, 0.1) is 10.1 Å². The summed E-state index contributed by atoms with van der Waals surface area (Å²) in [4.78, 5) is 31.5. The van der Waals surface area contributed by atoms with Crippen molar-refractivity contribution in [2.24, 2.45) is 0 Å². The van der Waals surface area contributed by atoms with E-state index >= 15 is 0 Å². The molecule has 0 saturated carbocycles. The molecule has 0 unspecified atom stereocenters. The smallest absolute Gasteiger partial charge is 0.269 e. The fourth-order valence-corrected chi connectivity index (χ4v) is 4.90. The number of rotatable bonds is 6. The highest BCUT2D eigenvalue weighted by molar-refractivity contribution is 5.80. The summed E-state index contributed by atoms with van der Waals surface area (Å²) in [5.41, 5.74) is 1.65. The van der Waals surface area contributed by atoms with Crippen LogP contribution in [0.3, 0.4) is 0 Å². The second kappa shape index (κ2) is 9.86. The lowest BCUT2D eigenvalue weighted by atomic mass is 10.0. The number of aromatic nitrogens is 5. The quantitative estimate of drug-likeness (QED) is 0.302. The van der Waals surface area contributed by atoms with E-state index in [0.717, 1.165) is 16.6 Å². The van der Waals surface area contributed by atoms with Gasteiger partial charge in [-0.1, -0.05) is 0 Å². The van der Waals surface area contributed by atoms with E-state index in [2.05, 4.69) is 30.3 Å². The van der Waals surface area contributed by atoms with Crippen LogP contribution in [0.25, 0.3) is 10.9 Å². The molecule has 1 atom stereocenters. The number of aromatic amines is 1. The van der Waals surface area contributed by atoms with Crippen LogP contribution in [0.2, 0.25) is 0 Å². The molecule has 5 rings (SSSR count). The zero-order valence-corrected chi connectivity index (χ0v) is 21.8. The van der Waals surface area contributed by atoms with E-state index in [-0.39, 0.29) is 11.2 Å². The van der Waals surface area contributed by atoms with Gasteiger partial charge in [0.1, 0.15) is 11.8 Å². The molecule has 4 aromatic rings. The number of pyridine rings is 1. The summed E-state index contributed by atoms with van der Waals surface area (Å²) in [6.45, 7) is 8.67. The predicted molar refractivity (Wildman–Crippen MR) is 143 cm³/mol. The van der Waals surface area contributed by atoms with Gasteiger partial charge < -0.3 is 14.6 Å². The molecule has 3 heterocycles. The Labute approximate surface area is 219 Å². The molecule has 12 nitrogen and oxygen atoms in total. The molecule has 0 radical (unpaired) electrons. The molecule has 0 spiro atoms. The molecule has 1 aliphatic heterocycles. The number of hydrogen-bond acceptors (Lipinski definition) is 9. The van der Waals surface area contributed by atoms with Gasteiger partial charge in [-0.3, -0.25) is 19.8 Å². The average Bonchev–Trinajstić information content (AvgIpc) is 3.40. The molecule has 12 heteroatoms. The first kappa shape index (κ1) is 25.3. The largest absolute Gasteiger partial charge is 0.497 e. The van der Waals surface area contributed by atoms with Crippen molar-refractivity contribution in [1.82, 2.24) is 30.1 Å². The van der Waals surface area contributed by atoms with Crippen LogP contribution >= 0.6 is 0 Å². The number of methoxy groups -OCH3 is 1. The Kier molecular flexibility index (Phi) is 6.57. The van der Waals surface area contributed by atoms with E-state index in [4.69, 9.17) is 4.74 Å². The summed E-state index contributed by atoms with van der Waals surface area (Å²) < 4.78 is 7.17. The van der Waals surface area contributed by atoms with Crippen molar-refractivity contribution in [2.75, 3.05) is 38.2 Å². The molecular weight excluding hydrogens is 488 g/mol. The Balaban J connectivity index is 1.52. The Hall–Kier alpha value is -4.32. The molecule has 38 heavy (non-hydrogen) atoms. The van der Waals surface area contributed by atoms with Gasteiger partial charge in [0.2, 0.25) is 0 Å². The van der Waals surface area contributed by atoms with Crippen LogP contribution in [0.4, 0.5) is 11.4 Å². The number of nitrogens with one attached hydrogen (secondary N) is 1. The standard InChI is InChI=1S/C26H30N8O4/c1-26(2,3)33-24(28-29-30-33)23(21-16-17-15-20(38-4)9-10-22(17)27-25(21)35)32-13-11-31(12-14-32)18-5-7-19(8-6-18)34(36)37/h5-10,15-16,23H,11-14H2,1-4H3,(H,27,35)/t23-/m1/s1. The number of benzene rings is 2. The topological polar surface area (TPSA) is 135 Å². The zero-order valence-electron chi connectivity index (χ0n) is 21.8. The summed E-state index contributed by atoms with van der Waals surface area (Å²) >= 11 is 0. The average molecular weight is 519 g/mol. The molecule has 198 valence electrons. The number of non-ortho nitro benzene ring substituents is 1. The van der Waals surface area contributed by atoms with Crippen molar-refractivity contribution < 1.29 is 9.66 Å². The van der Waals surface area contributed by atoms with E-state index in [9.17, 15) is 14.9 Å². The van der Waals surface area contributed by atoms with Gasteiger partial charge in [0.15, 0.2) is 5.82 Å². The van der Waals surface area contributed by atoms with Crippen LogP contribution < -0.4 is 15.2 Å². The van der Waals surface area contributed by atoms with Crippen molar-refractivity contribution in [3.8, 4) is 5.75 Å². The molecule has 1 fully saturated rings. The van der Waals surface area contributed by atoms with Crippen molar-refractivity contribution >= 4 is 22.3 Å². The Morgan fingerprint density at radius 3 is 2.39 bits per heavy atom. The first-order valence-corrected chi connectivity index (χ1v) is 12.4. The number of piperazine rings is 1. The lowest BCUT2D eigenvalue weighted by Crippen LogP contribution is -2.49. The van der Waals surface area contributed by atoms with Gasteiger partial charge in [0.05, 0.1) is 17.6 Å².